The Morgan fingerprint density at radius 1 is 1.50 bits per heavy atom. The van der Waals surface area contributed by atoms with Crippen LogP contribution in [0.2, 0.25) is 0 Å². The predicted molar refractivity (Wildman–Crippen MR) is 57.0 cm³/mol. The van der Waals surface area contributed by atoms with E-state index in [1.54, 1.807) is 0 Å². The van der Waals surface area contributed by atoms with E-state index >= 15 is 0 Å². The van der Waals surface area contributed by atoms with E-state index in [4.69, 9.17) is 5.73 Å². The van der Waals surface area contributed by atoms with Crippen molar-refractivity contribution < 1.29 is 4.79 Å². The molecule has 0 saturated carbocycles. The van der Waals surface area contributed by atoms with Crippen molar-refractivity contribution in [1.29, 1.82) is 0 Å². The van der Waals surface area contributed by atoms with E-state index in [0.29, 0.717) is 0 Å². The minimum atomic E-state index is -0.442. The van der Waals surface area contributed by atoms with Gasteiger partial charge < -0.3 is 16.0 Å². The summed E-state index contributed by atoms with van der Waals surface area (Å²) >= 11 is 0. The van der Waals surface area contributed by atoms with Gasteiger partial charge in [-0.2, -0.15) is 0 Å². The number of hydrogen-bond donors (Lipinski definition) is 2. The van der Waals surface area contributed by atoms with Crippen LogP contribution >= 0.6 is 0 Å². The normalized spacial score (nSPS) is 22.1. The van der Waals surface area contributed by atoms with Crippen LogP contribution < -0.4 is 11.1 Å². The molecule has 1 aliphatic heterocycles. The Kier molecular flexibility index (Phi) is 3.89. The van der Waals surface area contributed by atoms with Crippen LogP contribution in [0.15, 0.2) is 0 Å². The summed E-state index contributed by atoms with van der Waals surface area (Å²) in [6.45, 7) is 4.85. The third-order valence-electron chi connectivity index (χ3n) is 3.03. The van der Waals surface area contributed by atoms with E-state index < -0.39 is 5.54 Å². The molecule has 4 heteroatoms. The van der Waals surface area contributed by atoms with Crippen molar-refractivity contribution in [2.24, 2.45) is 5.73 Å². The predicted octanol–water partition coefficient (Wildman–Crippen LogP) is -0.0643. The van der Waals surface area contributed by atoms with Gasteiger partial charge in [-0.25, -0.2) is 0 Å². The Labute approximate surface area is 85.8 Å². The number of carbonyl (C=O) groups is 1. The number of nitrogens with one attached hydrogen (secondary N) is 1. The first-order chi connectivity index (χ1) is 6.60. The Morgan fingerprint density at radius 3 is 2.50 bits per heavy atom. The lowest BCUT2D eigenvalue weighted by Gasteiger charge is -2.38. The number of carbonyl (C=O) groups excluding carboxylic acids is 1. The molecule has 1 heterocycles. The molecule has 0 bridgehead atoms. The van der Waals surface area contributed by atoms with Gasteiger partial charge in [-0.1, -0.05) is 6.92 Å². The van der Waals surface area contributed by atoms with Crippen molar-refractivity contribution in [3.05, 3.63) is 0 Å². The first-order valence-electron chi connectivity index (χ1n) is 5.34. The van der Waals surface area contributed by atoms with Gasteiger partial charge in [-0.15, -0.1) is 0 Å². The molecule has 3 N–H and O–H groups in total. The van der Waals surface area contributed by atoms with Crippen molar-refractivity contribution in [2.75, 3.05) is 26.7 Å². The number of likely N-dealkylation sites (tertiary alicyclic amines) is 1. The maximum absolute atomic E-state index is 11.4. The first-order valence-corrected chi connectivity index (χ1v) is 5.34. The van der Waals surface area contributed by atoms with E-state index in [0.717, 1.165) is 38.9 Å². The lowest BCUT2D eigenvalue weighted by Crippen LogP contribution is -2.60. The molecule has 82 valence electrons. The molecule has 1 amide bonds. The van der Waals surface area contributed by atoms with E-state index in [1.807, 2.05) is 0 Å². The number of piperidine rings is 1. The molecule has 14 heavy (non-hydrogen) atoms. The van der Waals surface area contributed by atoms with E-state index in [9.17, 15) is 4.79 Å². The molecule has 0 aliphatic carbocycles. The van der Waals surface area contributed by atoms with Gasteiger partial charge in [0.25, 0.3) is 0 Å². The van der Waals surface area contributed by atoms with Crippen LogP contribution in [0.25, 0.3) is 0 Å². The molecular formula is C10H21N3O. The van der Waals surface area contributed by atoms with Gasteiger partial charge in [-0.05, 0) is 32.9 Å². The molecule has 0 aromatic rings. The number of rotatable bonds is 4. The second kappa shape index (κ2) is 4.75. The van der Waals surface area contributed by atoms with Gasteiger partial charge in [0.2, 0.25) is 5.91 Å². The second-order valence-electron chi connectivity index (χ2n) is 4.18. The van der Waals surface area contributed by atoms with Crippen LogP contribution in [-0.4, -0.2) is 43.0 Å². The minimum absolute atomic E-state index is 0.195. The summed E-state index contributed by atoms with van der Waals surface area (Å²) in [7, 11) is 2.07. The summed E-state index contributed by atoms with van der Waals surface area (Å²) in [6, 6.07) is 0. The van der Waals surface area contributed by atoms with E-state index in [-0.39, 0.29) is 5.91 Å². The fourth-order valence-electron chi connectivity index (χ4n) is 1.87. The number of nitrogens with two attached hydrogens (primary N) is 1. The molecule has 1 aliphatic rings. The van der Waals surface area contributed by atoms with E-state index in [2.05, 4.69) is 24.2 Å². The zero-order valence-corrected chi connectivity index (χ0v) is 9.18. The summed E-state index contributed by atoms with van der Waals surface area (Å²) in [5.41, 5.74) is 5.03. The van der Waals surface area contributed by atoms with Crippen LogP contribution in [-0.2, 0) is 4.79 Å². The third-order valence-corrected chi connectivity index (χ3v) is 3.03. The molecule has 1 fully saturated rings. The Bertz CT molecular complexity index is 192. The molecule has 0 atom stereocenters. The van der Waals surface area contributed by atoms with Gasteiger partial charge >= 0.3 is 0 Å². The number of primary amides is 1. The summed E-state index contributed by atoms with van der Waals surface area (Å²) in [6.07, 6.45) is 2.70. The van der Waals surface area contributed by atoms with Crippen LogP contribution in [0.3, 0.4) is 0 Å². The third kappa shape index (κ3) is 2.45. The second-order valence-corrected chi connectivity index (χ2v) is 4.18. The van der Waals surface area contributed by atoms with Crippen molar-refractivity contribution in [2.45, 2.75) is 31.7 Å². The lowest BCUT2D eigenvalue weighted by molar-refractivity contribution is -0.126. The average molecular weight is 199 g/mol. The largest absolute Gasteiger partial charge is 0.368 e. The van der Waals surface area contributed by atoms with Gasteiger partial charge in [0.05, 0.1) is 0 Å². The summed E-state index contributed by atoms with van der Waals surface area (Å²) in [5.74, 6) is -0.195. The average Bonchev–Trinajstić information content (AvgIpc) is 2.17. The minimum Gasteiger partial charge on any atom is -0.368 e. The van der Waals surface area contributed by atoms with Gasteiger partial charge in [-0.3, -0.25) is 4.79 Å². The van der Waals surface area contributed by atoms with E-state index in [1.165, 1.54) is 0 Å². The molecule has 0 aromatic heterocycles. The fourth-order valence-corrected chi connectivity index (χ4v) is 1.87. The Balaban J connectivity index is 2.58. The molecule has 0 radical (unpaired) electrons. The molecule has 4 nitrogen and oxygen atoms in total. The van der Waals surface area contributed by atoms with Crippen molar-refractivity contribution in [3.63, 3.8) is 0 Å². The lowest BCUT2D eigenvalue weighted by atomic mass is 9.87. The highest BCUT2D eigenvalue weighted by Crippen LogP contribution is 2.21. The number of amides is 1. The Hall–Kier alpha value is -0.610. The summed E-state index contributed by atoms with van der Waals surface area (Å²) in [4.78, 5) is 13.7. The van der Waals surface area contributed by atoms with Crippen molar-refractivity contribution >= 4 is 5.91 Å². The van der Waals surface area contributed by atoms with Gasteiger partial charge in [0, 0.05) is 13.1 Å². The molecular weight excluding hydrogens is 178 g/mol. The fraction of sp³-hybridized carbons (Fsp3) is 0.900. The smallest absolute Gasteiger partial charge is 0.237 e. The summed E-state index contributed by atoms with van der Waals surface area (Å²) < 4.78 is 0. The first kappa shape index (κ1) is 11.5. The van der Waals surface area contributed by atoms with Gasteiger partial charge in [0.1, 0.15) is 5.54 Å². The van der Waals surface area contributed by atoms with Crippen LogP contribution in [0, 0.1) is 0 Å². The Morgan fingerprint density at radius 2 is 2.07 bits per heavy atom. The van der Waals surface area contributed by atoms with Crippen LogP contribution in [0.5, 0.6) is 0 Å². The summed E-state index contributed by atoms with van der Waals surface area (Å²) in [5, 5.41) is 3.30. The molecule has 1 rings (SSSR count). The molecule has 0 spiro atoms. The number of nitrogens with zero attached hydrogens (tertiary/aromatic N) is 1. The van der Waals surface area contributed by atoms with Gasteiger partial charge in [0.15, 0.2) is 0 Å². The maximum atomic E-state index is 11.4. The highest BCUT2D eigenvalue weighted by molar-refractivity contribution is 5.84. The quantitative estimate of drug-likeness (QED) is 0.666. The van der Waals surface area contributed by atoms with Crippen LogP contribution in [0.1, 0.15) is 26.2 Å². The highest BCUT2D eigenvalue weighted by Gasteiger charge is 2.38. The van der Waals surface area contributed by atoms with Crippen molar-refractivity contribution in [3.8, 4) is 0 Å². The highest BCUT2D eigenvalue weighted by atomic mass is 16.1. The zero-order chi connectivity index (χ0) is 10.6. The topological polar surface area (TPSA) is 58.4 Å². The zero-order valence-electron chi connectivity index (χ0n) is 9.18. The maximum Gasteiger partial charge on any atom is 0.237 e. The van der Waals surface area contributed by atoms with Crippen LogP contribution in [0.4, 0.5) is 0 Å². The molecule has 0 unspecified atom stereocenters. The van der Waals surface area contributed by atoms with Crippen molar-refractivity contribution in [1.82, 2.24) is 10.2 Å². The monoisotopic (exact) mass is 199 g/mol. The SMILES string of the molecule is CCCNC1(C(N)=O)CCN(C)CC1. The molecule has 1 saturated heterocycles. The molecule has 0 aromatic carbocycles. The number of hydrogen-bond acceptors (Lipinski definition) is 3. The standard InChI is InChI=1S/C10H21N3O/c1-3-6-12-10(9(11)14)4-7-13(2)8-5-10/h12H,3-8H2,1-2H3,(H2,11,14).